The molecule has 31 heavy (non-hydrogen) atoms. The highest BCUT2D eigenvalue weighted by Crippen LogP contribution is 2.25. The molecule has 0 atom stereocenters. The maximum Gasteiger partial charge on any atom is 0.328 e. The summed E-state index contributed by atoms with van der Waals surface area (Å²) in [5, 5.41) is 2.54. The molecule has 3 aromatic rings. The number of aromatic amines is 1. The van der Waals surface area contributed by atoms with E-state index >= 15 is 0 Å². The first-order chi connectivity index (χ1) is 14.8. The van der Waals surface area contributed by atoms with Gasteiger partial charge in [0.05, 0.1) is 23.4 Å². The van der Waals surface area contributed by atoms with Crippen molar-refractivity contribution in [1.82, 2.24) is 24.8 Å². The van der Waals surface area contributed by atoms with Gasteiger partial charge in [0.1, 0.15) is 10.4 Å². The number of pyridine rings is 1. The number of rotatable bonds is 4. The van der Waals surface area contributed by atoms with Crippen molar-refractivity contribution in [3.05, 3.63) is 55.3 Å². The summed E-state index contributed by atoms with van der Waals surface area (Å²) in [6.07, 6.45) is 0. The topological polar surface area (TPSA) is 120 Å². The van der Waals surface area contributed by atoms with Crippen molar-refractivity contribution < 1.29 is 9.59 Å². The van der Waals surface area contributed by atoms with Crippen LogP contribution in [0.2, 0.25) is 0 Å². The molecular weight excluding hydrogens is 420 g/mol. The van der Waals surface area contributed by atoms with Gasteiger partial charge < -0.3 is 15.2 Å². The number of fused-ring (bicyclic) bond motifs is 1. The number of hydrogen-bond donors (Lipinski definition) is 2. The summed E-state index contributed by atoms with van der Waals surface area (Å²) in [5.41, 5.74) is 1.38. The predicted molar refractivity (Wildman–Crippen MR) is 118 cm³/mol. The Morgan fingerprint density at radius 3 is 2.71 bits per heavy atom. The molecule has 0 bridgehead atoms. The molecule has 0 unspecified atom stereocenters. The quantitative estimate of drug-likeness (QED) is 0.596. The third kappa shape index (κ3) is 3.89. The van der Waals surface area contributed by atoms with Crippen LogP contribution in [0.25, 0.3) is 10.2 Å². The number of carbonyl (C=O) groups excluding carboxylic acids is 2. The van der Waals surface area contributed by atoms with Gasteiger partial charge in [-0.3, -0.25) is 23.9 Å². The molecular formula is C20H22N6O4S. The van der Waals surface area contributed by atoms with Crippen LogP contribution >= 0.6 is 11.3 Å². The summed E-state index contributed by atoms with van der Waals surface area (Å²) in [5.74, 6) is -0.334. The minimum atomic E-state index is -0.447. The number of amides is 2. The van der Waals surface area contributed by atoms with E-state index in [1.54, 1.807) is 37.1 Å². The number of anilines is 1. The minimum absolute atomic E-state index is 0.0609. The van der Waals surface area contributed by atoms with Crippen molar-refractivity contribution in [2.75, 3.05) is 31.6 Å². The molecule has 2 N–H and O–H groups in total. The van der Waals surface area contributed by atoms with E-state index < -0.39 is 5.69 Å². The second-order valence-corrected chi connectivity index (χ2v) is 8.52. The Hall–Kier alpha value is -3.31. The lowest BCUT2D eigenvalue weighted by Crippen LogP contribution is -2.50. The average molecular weight is 443 g/mol. The van der Waals surface area contributed by atoms with Gasteiger partial charge >= 0.3 is 5.69 Å². The molecule has 0 radical (unpaired) electrons. The summed E-state index contributed by atoms with van der Waals surface area (Å²) < 4.78 is 1.55. The minimum Gasteiger partial charge on any atom is -0.354 e. The first-order valence-electron chi connectivity index (χ1n) is 9.72. The van der Waals surface area contributed by atoms with Crippen molar-refractivity contribution in [2.45, 2.75) is 13.5 Å². The van der Waals surface area contributed by atoms with Crippen molar-refractivity contribution >= 4 is 39.1 Å². The zero-order valence-corrected chi connectivity index (χ0v) is 18.2. The third-order valence-electron chi connectivity index (χ3n) is 5.32. The number of hydrogen-bond acceptors (Lipinski definition) is 7. The zero-order valence-electron chi connectivity index (χ0n) is 17.4. The van der Waals surface area contributed by atoms with Gasteiger partial charge in [-0.25, -0.2) is 9.78 Å². The molecule has 0 aliphatic carbocycles. The lowest BCUT2D eigenvalue weighted by molar-refractivity contribution is -0.121. The number of carbonyl (C=O) groups is 2. The van der Waals surface area contributed by atoms with Crippen LogP contribution in [-0.2, 0) is 18.4 Å². The predicted octanol–water partition coefficient (Wildman–Crippen LogP) is 0.200. The molecule has 0 aromatic carbocycles. The van der Waals surface area contributed by atoms with Gasteiger partial charge in [0.2, 0.25) is 5.91 Å². The van der Waals surface area contributed by atoms with Gasteiger partial charge in [-0.2, -0.15) is 0 Å². The van der Waals surface area contributed by atoms with Gasteiger partial charge in [-0.15, -0.1) is 11.3 Å². The van der Waals surface area contributed by atoms with Crippen molar-refractivity contribution in [3.63, 3.8) is 0 Å². The van der Waals surface area contributed by atoms with E-state index in [9.17, 15) is 19.2 Å². The van der Waals surface area contributed by atoms with E-state index in [0.717, 1.165) is 9.44 Å². The molecule has 11 heteroatoms. The Morgan fingerprint density at radius 2 is 2.03 bits per heavy atom. The lowest BCUT2D eigenvalue weighted by atomic mass is 10.2. The maximum absolute atomic E-state index is 12.8. The van der Waals surface area contributed by atoms with E-state index in [0.29, 0.717) is 46.9 Å². The summed E-state index contributed by atoms with van der Waals surface area (Å²) in [6.45, 7) is 3.64. The number of H-pyrrole nitrogens is 1. The van der Waals surface area contributed by atoms with Gasteiger partial charge in [0.25, 0.3) is 11.5 Å². The first kappa shape index (κ1) is 20.9. The number of nitrogens with one attached hydrogen (secondary N) is 2. The summed E-state index contributed by atoms with van der Waals surface area (Å²) >= 11 is 1.33. The monoisotopic (exact) mass is 442 g/mol. The molecule has 1 fully saturated rings. The van der Waals surface area contributed by atoms with E-state index in [4.69, 9.17) is 0 Å². The standard InChI is InChI=1S/C20H22N6O4S/c1-11-15(5-4-13(22-11)18(28)21-2)26-7-6-25(10-16(26)27)9-12-8-14-17(31-12)19(29)24(3)20(30)23-14/h4-5,8H,6-7,9-10H2,1-3H3,(H,21,28)(H,23,30). The molecule has 1 aliphatic heterocycles. The molecule has 0 saturated carbocycles. The van der Waals surface area contributed by atoms with E-state index in [1.807, 2.05) is 4.90 Å². The highest BCUT2D eigenvalue weighted by atomic mass is 32.1. The third-order valence-corrected chi connectivity index (χ3v) is 6.42. The Bertz CT molecular complexity index is 1310. The van der Waals surface area contributed by atoms with Crippen LogP contribution in [0.4, 0.5) is 5.69 Å². The average Bonchev–Trinajstić information content (AvgIpc) is 3.14. The normalized spacial score (nSPS) is 14.9. The van der Waals surface area contributed by atoms with Crippen LogP contribution in [-0.4, -0.2) is 57.9 Å². The number of aryl methyl sites for hydroxylation is 1. The van der Waals surface area contributed by atoms with Crippen molar-refractivity contribution in [3.8, 4) is 0 Å². The van der Waals surface area contributed by atoms with Gasteiger partial charge in [-0.05, 0) is 25.1 Å². The Balaban J connectivity index is 1.49. The fraction of sp³-hybridized carbons (Fsp3) is 0.350. The molecule has 2 amide bonds. The van der Waals surface area contributed by atoms with Crippen molar-refractivity contribution in [2.24, 2.45) is 7.05 Å². The van der Waals surface area contributed by atoms with Gasteiger partial charge in [0, 0.05) is 38.6 Å². The second-order valence-electron chi connectivity index (χ2n) is 7.39. The van der Waals surface area contributed by atoms with E-state index in [-0.39, 0.29) is 23.9 Å². The van der Waals surface area contributed by atoms with Gasteiger partial charge in [-0.1, -0.05) is 0 Å². The maximum atomic E-state index is 12.8. The summed E-state index contributed by atoms with van der Waals surface area (Å²) in [4.78, 5) is 60.3. The SMILES string of the molecule is CNC(=O)c1ccc(N2CCN(Cc3cc4[nH]c(=O)n(C)c(=O)c4s3)CC2=O)c(C)n1. The largest absolute Gasteiger partial charge is 0.354 e. The smallest absolute Gasteiger partial charge is 0.328 e. The fourth-order valence-corrected chi connectivity index (χ4v) is 4.77. The van der Waals surface area contributed by atoms with Gasteiger partial charge in [0.15, 0.2) is 0 Å². The molecule has 1 saturated heterocycles. The molecule has 3 aromatic heterocycles. The molecule has 4 rings (SSSR count). The lowest BCUT2D eigenvalue weighted by Gasteiger charge is -2.34. The number of aromatic nitrogens is 3. The van der Waals surface area contributed by atoms with Crippen molar-refractivity contribution in [1.29, 1.82) is 0 Å². The molecule has 162 valence electrons. The Kier molecular flexibility index (Phi) is 5.46. The number of piperazine rings is 1. The summed E-state index contributed by atoms with van der Waals surface area (Å²) in [7, 11) is 2.98. The zero-order chi connectivity index (χ0) is 22.3. The Morgan fingerprint density at radius 1 is 1.26 bits per heavy atom. The van der Waals surface area contributed by atoms with E-state index in [1.165, 1.54) is 18.4 Å². The van der Waals surface area contributed by atoms with Crippen LogP contribution in [0, 0.1) is 6.92 Å². The summed E-state index contributed by atoms with van der Waals surface area (Å²) in [6, 6.07) is 5.16. The first-order valence-corrected chi connectivity index (χ1v) is 10.5. The number of nitrogens with zero attached hydrogens (tertiary/aromatic N) is 4. The number of thiophene rings is 1. The van der Waals surface area contributed by atoms with Crippen LogP contribution < -0.4 is 21.5 Å². The molecule has 1 aliphatic rings. The Labute approximate surface area is 181 Å². The molecule has 0 spiro atoms. The highest BCUT2D eigenvalue weighted by molar-refractivity contribution is 7.18. The molecule has 10 nitrogen and oxygen atoms in total. The van der Waals surface area contributed by atoms with Crippen LogP contribution in [0.3, 0.4) is 0 Å². The molecule has 4 heterocycles. The van der Waals surface area contributed by atoms with Crippen LogP contribution in [0.5, 0.6) is 0 Å². The van der Waals surface area contributed by atoms with Crippen LogP contribution in [0.15, 0.2) is 27.8 Å². The second kappa shape index (κ2) is 8.08. The fourth-order valence-electron chi connectivity index (χ4n) is 3.64. The van der Waals surface area contributed by atoms with E-state index in [2.05, 4.69) is 15.3 Å². The van der Waals surface area contributed by atoms with Crippen LogP contribution in [0.1, 0.15) is 21.1 Å². The highest BCUT2D eigenvalue weighted by Gasteiger charge is 2.27.